The van der Waals surface area contributed by atoms with E-state index in [2.05, 4.69) is 26.1 Å². The number of aryl methyl sites for hydroxylation is 1. The molecule has 1 aliphatic heterocycles. The van der Waals surface area contributed by atoms with Gasteiger partial charge in [-0.05, 0) is 18.9 Å². The minimum Gasteiger partial charge on any atom is -0.361 e. The third-order valence-electron chi connectivity index (χ3n) is 4.59. The van der Waals surface area contributed by atoms with E-state index in [1.54, 1.807) is 19.2 Å². The van der Waals surface area contributed by atoms with Crippen molar-refractivity contribution in [1.29, 1.82) is 0 Å². The summed E-state index contributed by atoms with van der Waals surface area (Å²) in [5.74, 6) is 2.53. The number of hydrogen-bond donors (Lipinski definition) is 0. The Hall–Kier alpha value is -2.15. The molecule has 3 heterocycles. The zero-order valence-electron chi connectivity index (χ0n) is 13.3. The van der Waals surface area contributed by atoms with Crippen LogP contribution in [0.5, 0.6) is 0 Å². The van der Waals surface area contributed by atoms with Gasteiger partial charge in [-0.2, -0.15) is 5.10 Å². The Morgan fingerprint density at radius 3 is 2.70 bits per heavy atom. The van der Waals surface area contributed by atoms with Crippen LogP contribution in [0.25, 0.3) is 0 Å². The van der Waals surface area contributed by atoms with Crippen LogP contribution in [-0.2, 0) is 13.6 Å². The number of aromatic nitrogens is 3. The zero-order valence-corrected chi connectivity index (χ0v) is 13.3. The Morgan fingerprint density at radius 2 is 2.00 bits per heavy atom. The second kappa shape index (κ2) is 5.81. The number of hydrogen-bond acceptors (Lipinski definition) is 6. The summed E-state index contributed by atoms with van der Waals surface area (Å²) in [5.41, 5.74) is 0.950. The molecule has 23 heavy (non-hydrogen) atoms. The van der Waals surface area contributed by atoms with Crippen molar-refractivity contribution in [2.45, 2.75) is 25.3 Å². The second-order valence-electron chi connectivity index (χ2n) is 6.41. The third kappa shape index (κ3) is 3.14. The Kier molecular flexibility index (Phi) is 3.65. The van der Waals surface area contributed by atoms with Gasteiger partial charge in [0.15, 0.2) is 0 Å². The summed E-state index contributed by atoms with van der Waals surface area (Å²) >= 11 is 0. The molecule has 0 N–H and O–H groups in total. The van der Waals surface area contributed by atoms with E-state index in [9.17, 15) is 4.79 Å². The number of anilines is 1. The van der Waals surface area contributed by atoms with Gasteiger partial charge in [0.2, 0.25) is 0 Å². The lowest BCUT2D eigenvalue weighted by Gasteiger charge is -2.34. The van der Waals surface area contributed by atoms with Crippen molar-refractivity contribution in [3.8, 4) is 0 Å². The molecule has 7 nitrogen and oxygen atoms in total. The van der Waals surface area contributed by atoms with Gasteiger partial charge < -0.3 is 9.42 Å². The van der Waals surface area contributed by atoms with Crippen LogP contribution in [0.1, 0.15) is 30.2 Å². The smallest absolute Gasteiger partial charge is 0.266 e. The van der Waals surface area contributed by atoms with Gasteiger partial charge in [0.25, 0.3) is 5.56 Å². The van der Waals surface area contributed by atoms with Crippen molar-refractivity contribution in [3.05, 3.63) is 40.0 Å². The highest BCUT2D eigenvalue weighted by Gasteiger charge is 2.28. The average Bonchev–Trinajstić information content (AvgIpc) is 3.31. The van der Waals surface area contributed by atoms with Gasteiger partial charge in [-0.25, -0.2) is 4.68 Å². The van der Waals surface area contributed by atoms with Crippen molar-refractivity contribution in [2.75, 3.05) is 31.1 Å². The summed E-state index contributed by atoms with van der Waals surface area (Å²) in [6, 6.07) is 5.49. The van der Waals surface area contributed by atoms with E-state index >= 15 is 0 Å². The van der Waals surface area contributed by atoms with Crippen LogP contribution >= 0.6 is 0 Å². The highest BCUT2D eigenvalue weighted by Crippen LogP contribution is 2.40. The molecule has 4 rings (SSSR count). The molecule has 0 unspecified atom stereocenters. The normalized spacial score (nSPS) is 19.3. The first-order valence-electron chi connectivity index (χ1n) is 8.16. The van der Waals surface area contributed by atoms with Gasteiger partial charge in [-0.1, -0.05) is 5.16 Å². The van der Waals surface area contributed by atoms with E-state index in [1.165, 1.54) is 17.5 Å². The first-order chi connectivity index (χ1) is 11.2. The van der Waals surface area contributed by atoms with Crippen LogP contribution in [0.15, 0.2) is 27.5 Å². The van der Waals surface area contributed by atoms with Crippen LogP contribution in [0.3, 0.4) is 0 Å². The average molecular weight is 315 g/mol. The van der Waals surface area contributed by atoms with Crippen LogP contribution < -0.4 is 10.5 Å². The predicted octanol–water partition coefficient (Wildman–Crippen LogP) is 0.968. The Labute approximate surface area is 134 Å². The first kappa shape index (κ1) is 14.4. The Balaban J connectivity index is 1.34. The molecule has 0 radical (unpaired) electrons. The third-order valence-corrected chi connectivity index (χ3v) is 4.59. The van der Waals surface area contributed by atoms with Gasteiger partial charge in [-0.15, -0.1) is 0 Å². The molecule has 2 fully saturated rings. The summed E-state index contributed by atoms with van der Waals surface area (Å²) in [6.07, 6.45) is 2.47. The first-order valence-corrected chi connectivity index (χ1v) is 8.16. The lowest BCUT2D eigenvalue weighted by atomic mass is 10.2. The molecule has 122 valence electrons. The molecule has 0 bridgehead atoms. The monoisotopic (exact) mass is 315 g/mol. The van der Waals surface area contributed by atoms with Crippen LogP contribution in [0.2, 0.25) is 0 Å². The van der Waals surface area contributed by atoms with Gasteiger partial charge in [-0.3, -0.25) is 9.69 Å². The van der Waals surface area contributed by atoms with Crippen LogP contribution in [-0.4, -0.2) is 46.0 Å². The summed E-state index contributed by atoms with van der Waals surface area (Å²) in [4.78, 5) is 16.0. The zero-order chi connectivity index (χ0) is 15.8. The van der Waals surface area contributed by atoms with Crippen molar-refractivity contribution in [1.82, 2.24) is 19.8 Å². The Bertz CT molecular complexity index is 741. The fraction of sp³-hybridized carbons (Fsp3) is 0.562. The van der Waals surface area contributed by atoms with E-state index < -0.39 is 0 Å². The highest BCUT2D eigenvalue weighted by molar-refractivity contribution is 5.37. The van der Waals surface area contributed by atoms with Crippen molar-refractivity contribution < 1.29 is 4.52 Å². The summed E-state index contributed by atoms with van der Waals surface area (Å²) in [5, 5.41) is 8.51. The molecule has 0 aromatic carbocycles. The summed E-state index contributed by atoms with van der Waals surface area (Å²) in [7, 11) is 1.68. The lowest BCUT2D eigenvalue weighted by Crippen LogP contribution is -2.46. The largest absolute Gasteiger partial charge is 0.361 e. The summed E-state index contributed by atoms with van der Waals surface area (Å²) < 4.78 is 6.80. The van der Waals surface area contributed by atoms with E-state index in [1.807, 2.05) is 0 Å². The molecule has 7 heteroatoms. The minimum atomic E-state index is -0.0788. The minimum absolute atomic E-state index is 0.0788. The fourth-order valence-electron chi connectivity index (χ4n) is 2.99. The second-order valence-corrected chi connectivity index (χ2v) is 6.41. The molecular weight excluding hydrogens is 294 g/mol. The molecule has 2 aromatic rings. The molecule has 2 aromatic heterocycles. The number of nitrogens with zero attached hydrogens (tertiary/aromatic N) is 5. The molecular formula is C16H21N5O2. The maximum atomic E-state index is 11.4. The van der Waals surface area contributed by atoms with Crippen LogP contribution in [0.4, 0.5) is 5.82 Å². The molecule has 0 spiro atoms. The van der Waals surface area contributed by atoms with E-state index in [-0.39, 0.29) is 5.56 Å². The number of rotatable bonds is 4. The topological polar surface area (TPSA) is 67.4 Å². The maximum absolute atomic E-state index is 11.4. The van der Waals surface area contributed by atoms with Gasteiger partial charge in [0.1, 0.15) is 11.6 Å². The number of piperazine rings is 1. The van der Waals surface area contributed by atoms with Gasteiger partial charge >= 0.3 is 0 Å². The van der Waals surface area contributed by atoms with E-state index in [0.29, 0.717) is 5.92 Å². The standard InChI is InChI=1S/C16H21N5O2/c1-19-16(22)5-4-15(17-19)21-8-6-20(7-9-21)11-13-10-14(23-18-13)12-2-3-12/h4-5,10,12H,2-3,6-9,11H2,1H3. The Morgan fingerprint density at radius 1 is 1.22 bits per heavy atom. The van der Waals surface area contributed by atoms with E-state index in [0.717, 1.165) is 50.0 Å². The van der Waals surface area contributed by atoms with Gasteiger partial charge in [0.05, 0.1) is 5.69 Å². The SMILES string of the molecule is Cn1nc(N2CCN(Cc3cc(C4CC4)on3)CC2)ccc1=O. The highest BCUT2D eigenvalue weighted by atomic mass is 16.5. The van der Waals surface area contributed by atoms with Crippen molar-refractivity contribution in [3.63, 3.8) is 0 Å². The van der Waals surface area contributed by atoms with Crippen molar-refractivity contribution in [2.24, 2.45) is 7.05 Å². The van der Waals surface area contributed by atoms with Crippen LogP contribution in [0, 0.1) is 0 Å². The maximum Gasteiger partial charge on any atom is 0.266 e. The molecule has 2 aliphatic rings. The molecule has 0 atom stereocenters. The fourth-order valence-corrected chi connectivity index (χ4v) is 2.99. The molecule has 1 saturated heterocycles. The quantitative estimate of drug-likeness (QED) is 0.837. The van der Waals surface area contributed by atoms with Crippen molar-refractivity contribution >= 4 is 5.82 Å². The van der Waals surface area contributed by atoms with E-state index in [4.69, 9.17) is 4.52 Å². The molecule has 1 aliphatic carbocycles. The van der Waals surface area contributed by atoms with Gasteiger partial charge in [0, 0.05) is 57.8 Å². The molecule has 1 saturated carbocycles. The summed E-state index contributed by atoms with van der Waals surface area (Å²) in [6.45, 7) is 4.55. The molecule has 0 amide bonds. The predicted molar refractivity (Wildman–Crippen MR) is 85.4 cm³/mol. The lowest BCUT2D eigenvalue weighted by molar-refractivity contribution is 0.240.